The molecule has 0 saturated carbocycles. The van der Waals surface area contributed by atoms with Crippen molar-refractivity contribution in [3.05, 3.63) is 40.7 Å². The number of hydrogen-bond donors (Lipinski definition) is 2. The Balaban J connectivity index is 1.72. The molecule has 1 aliphatic carbocycles. The Morgan fingerprint density at radius 2 is 2.00 bits per heavy atom. The van der Waals surface area contributed by atoms with Crippen molar-refractivity contribution in [1.29, 1.82) is 0 Å². The standard InChI is InChI=1S/C22H29N5O4S/c1-13-20-18(10-22(2,3)11-19(20)28)27(25-13)15-5-6-16(21(23)29)17(9-15)24-14-7-8-26(12-14)32(4,30)31/h5-6,9,14,24H,7-8,10-12H2,1-4H3,(H2,23,29). The fourth-order valence-corrected chi connectivity index (χ4v) is 5.61. The highest BCUT2D eigenvalue weighted by Gasteiger charge is 2.36. The number of ketones is 1. The van der Waals surface area contributed by atoms with Gasteiger partial charge in [0.1, 0.15) is 0 Å². The van der Waals surface area contributed by atoms with Crippen molar-refractivity contribution in [2.24, 2.45) is 11.1 Å². The molecule has 172 valence electrons. The predicted molar refractivity (Wildman–Crippen MR) is 122 cm³/mol. The van der Waals surface area contributed by atoms with Gasteiger partial charge in [0.25, 0.3) is 5.91 Å². The highest BCUT2D eigenvalue weighted by Crippen LogP contribution is 2.37. The Morgan fingerprint density at radius 3 is 2.62 bits per heavy atom. The lowest BCUT2D eigenvalue weighted by Crippen LogP contribution is -2.31. The molecule has 1 fully saturated rings. The van der Waals surface area contributed by atoms with Gasteiger partial charge in [-0.15, -0.1) is 0 Å². The van der Waals surface area contributed by atoms with E-state index in [0.29, 0.717) is 60.5 Å². The second-order valence-electron chi connectivity index (χ2n) is 9.60. The van der Waals surface area contributed by atoms with E-state index < -0.39 is 15.9 Å². The largest absolute Gasteiger partial charge is 0.380 e. The number of aromatic nitrogens is 2. The minimum atomic E-state index is -3.27. The molecule has 1 aromatic heterocycles. The van der Waals surface area contributed by atoms with Gasteiger partial charge >= 0.3 is 0 Å². The molecule has 0 bridgehead atoms. The summed E-state index contributed by atoms with van der Waals surface area (Å²) in [5, 5.41) is 7.93. The Hall–Kier alpha value is -2.72. The van der Waals surface area contributed by atoms with Gasteiger partial charge in [0.2, 0.25) is 10.0 Å². The normalized spacial score (nSPS) is 20.9. The van der Waals surface area contributed by atoms with Crippen molar-refractivity contribution in [2.75, 3.05) is 24.7 Å². The highest BCUT2D eigenvalue weighted by atomic mass is 32.2. The average molecular weight is 460 g/mol. The summed E-state index contributed by atoms with van der Waals surface area (Å²) in [5.74, 6) is -0.481. The van der Waals surface area contributed by atoms with Gasteiger partial charge in [-0.2, -0.15) is 5.10 Å². The van der Waals surface area contributed by atoms with Gasteiger partial charge in [-0.25, -0.2) is 17.4 Å². The van der Waals surface area contributed by atoms with Gasteiger partial charge in [-0.1, -0.05) is 13.8 Å². The maximum absolute atomic E-state index is 12.7. The van der Waals surface area contributed by atoms with Crippen molar-refractivity contribution >= 4 is 27.4 Å². The van der Waals surface area contributed by atoms with Crippen LogP contribution in [-0.4, -0.2) is 59.6 Å². The summed E-state index contributed by atoms with van der Waals surface area (Å²) in [5.41, 5.74) is 9.22. The number of anilines is 1. The van der Waals surface area contributed by atoms with Crippen LogP contribution in [0.25, 0.3) is 5.69 Å². The lowest BCUT2D eigenvalue weighted by atomic mass is 9.75. The number of nitrogens with zero attached hydrogens (tertiary/aromatic N) is 3. The third-order valence-corrected chi connectivity index (χ3v) is 7.48. The zero-order valence-corrected chi connectivity index (χ0v) is 19.6. The van der Waals surface area contributed by atoms with Gasteiger partial charge in [-0.05, 0) is 43.4 Å². The molecule has 9 nitrogen and oxygen atoms in total. The first-order chi connectivity index (χ1) is 14.9. The predicted octanol–water partition coefficient (Wildman–Crippen LogP) is 1.88. The Labute approximate surface area is 188 Å². The number of rotatable bonds is 5. The van der Waals surface area contributed by atoms with Crippen LogP contribution in [0.3, 0.4) is 0 Å². The number of fused-ring (bicyclic) bond motifs is 1. The first-order valence-electron chi connectivity index (χ1n) is 10.6. The van der Waals surface area contributed by atoms with Gasteiger partial charge in [0.15, 0.2) is 5.78 Å². The van der Waals surface area contributed by atoms with E-state index in [-0.39, 0.29) is 17.2 Å². The van der Waals surface area contributed by atoms with Gasteiger partial charge < -0.3 is 11.1 Å². The number of carbonyl (C=O) groups is 2. The van der Waals surface area contributed by atoms with Gasteiger partial charge in [0, 0.05) is 31.2 Å². The summed E-state index contributed by atoms with van der Waals surface area (Å²) in [6, 6.07) is 5.05. The van der Waals surface area contributed by atoms with Crippen LogP contribution < -0.4 is 11.1 Å². The highest BCUT2D eigenvalue weighted by molar-refractivity contribution is 7.88. The van der Waals surface area contributed by atoms with E-state index in [0.717, 1.165) is 5.69 Å². The Morgan fingerprint density at radius 1 is 1.28 bits per heavy atom. The first kappa shape index (κ1) is 22.5. The maximum atomic E-state index is 12.7. The molecule has 1 aromatic carbocycles. The molecule has 2 aliphatic rings. The monoisotopic (exact) mass is 459 g/mol. The molecule has 2 aromatic rings. The number of hydrogen-bond acceptors (Lipinski definition) is 6. The summed E-state index contributed by atoms with van der Waals surface area (Å²) in [6.07, 6.45) is 3.00. The fraction of sp³-hybridized carbons (Fsp3) is 0.500. The van der Waals surface area contributed by atoms with Crippen LogP contribution in [0.1, 0.15) is 58.8 Å². The Bertz CT molecular complexity index is 1220. The topological polar surface area (TPSA) is 127 Å². The van der Waals surface area contributed by atoms with Crippen LogP contribution in [0.2, 0.25) is 0 Å². The van der Waals surface area contributed by atoms with Gasteiger partial charge in [-0.3, -0.25) is 9.59 Å². The summed E-state index contributed by atoms with van der Waals surface area (Å²) >= 11 is 0. The molecule has 10 heteroatoms. The molecule has 2 heterocycles. The second kappa shape index (κ2) is 7.70. The van der Waals surface area contributed by atoms with E-state index >= 15 is 0 Å². The lowest BCUT2D eigenvalue weighted by molar-refractivity contribution is 0.0909. The van der Waals surface area contributed by atoms with Crippen LogP contribution in [-0.2, 0) is 16.4 Å². The zero-order chi connectivity index (χ0) is 23.4. The van der Waals surface area contributed by atoms with Crippen LogP contribution in [0, 0.1) is 12.3 Å². The fourth-order valence-electron chi connectivity index (χ4n) is 4.72. The van der Waals surface area contributed by atoms with Crippen molar-refractivity contribution in [3.8, 4) is 5.69 Å². The molecule has 1 amide bonds. The number of nitrogens with one attached hydrogen (secondary N) is 1. The first-order valence-corrected chi connectivity index (χ1v) is 12.5. The summed E-state index contributed by atoms with van der Waals surface area (Å²) in [6.45, 7) is 6.71. The molecule has 32 heavy (non-hydrogen) atoms. The quantitative estimate of drug-likeness (QED) is 0.703. The number of Topliss-reactive ketones (excluding diaryl/α,β-unsaturated/α-hetero) is 1. The van der Waals surface area contributed by atoms with Crippen molar-refractivity contribution in [1.82, 2.24) is 14.1 Å². The zero-order valence-electron chi connectivity index (χ0n) is 18.8. The second-order valence-corrected chi connectivity index (χ2v) is 11.6. The molecule has 0 spiro atoms. The number of benzene rings is 1. The molecule has 1 atom stereocenters. The number of aryl methyl sites for hydroxylation is 1. The molecule has 1 aliphatic heterocycles. The lowest BCUT2D eigenvalue weighted by Gasteiger charge is -2.29. The molecule has 3 N–H and O–H groups in total. The van der Waals surface area contributed by atoms with Crippen LogP contribution in [0.5, 0.6) is 0 Å². The minimum Gasteiger partial charge on any atom is -0.380 e. The van der Waals surface area contributed by atoms with Crippen LogP contribution >= 0.6 is 0 Å². The van der Waals surface area contributed by atoms with E-state index in [1.54, 1.807) is 22.9 Å². The molecular weight excluding hydrogens is 430 g/mol. The number of sulfonamides is 1. The SMILES string of the molecule is Cc1nn(-c2ccc(C(N)=O)c(NC3CCN(S(C)(=O)=O)C3)c2)c2c1C(=O)CC(C)(C)C2. The molecule has 0 radical (unpaired) electrons. The third kappa shape index (κ3) is 4.16. The number of carbonyl (C=O) groups excluding carboxylic acids is 2. The maximum Gasteiger partial charge on any atom is 0.250 e. The van der Waals surface area contributed by atoms with Gasteiger partial charge in [0.05, 0.1) is 34.5 Å². The van der Waals surface area contributed by atoms with Crippen LogP contribution in [0.15, 0.2) is 18.2 Å². The summed E-state index contributed by atoms with van der Waals surface area (Å²) in [7, 11) is -3.27. The van der Waals surface area contributed by atoms with Crippen LogP contribution in [0.4, 0.5) is 5.69 Å². The molecule has 4 rings (SSSR count). The number of amides is 1. The minimum absolute atomic E-state index is 0.0962. The summed E-state index contributed by atoms with van der Waals surface area (Å²) < 4.78 is 26.9. The molecule has 1 saturated heterocycles. The van der Waals surface area contributed by atoms with E-state index in [1.807, 2.05) is 6.92 Å². The number of nitrogens with two attached hydrogens (primary N) is 1. The third-order valence-electron chi connectivity index (χ3n) is 6.21. The van der Waals surface area contributed by atoms with Crippen molar-refractivity contribution < 1.29 is 18.0 Å². The van der Waals surface area contributed by atoms with E-state index in [4.69, 9.17) is 5.73 Å². The summed E-state index contributed by atoms with van der Waals surface area (Å²) in [4.78, 5) is 24.8. The van der Waals surface area contributed by atoms with E-state index in [1.165, 1.54) is 10.6 Å². The van der Waals surface area contributed by atoms with E-state index in [2.05, 4.69) is 24.3 Å². The van der Waals surface area contributed by atoms with Crippen molar-refractivity contribution in [3.63, 3.8) is 0 Å². The molecule has 1 unspecified atom stereocenters. The van der Waals surface area contributed by atoms with Crippen molar-refractivity contribution in [2.45, 2.75) is 46.1 Å². The van der Waals surface area contributed by atoms with E-state index in [9.17, 15) is 18.0 Å². The molecular formula is C22H29N5O4S. The number of primary amides is 1. The smallest absolute Gasteiger partial charge is 0.250 e. The average Bonchev–Trinajstić information content (AvgIpc) is 3.25. The Kier molecular flexibility index (Phi) is 5.41.